The molecule has 290 valence electrons. The van der Waals surface area contributed by atoms with Crippen LogP contribution >= 0.6 is 11.8 Å². The van der Waals surface area contributed by atoms with Gasteiger partial charge in [0.05, 0.1) is 16.8 Å². The van der Waals surface area contributed by atoms with E-state index in [-0.39, 0.29) is 0 Å². The van der Waals surface area contributed by atoms with Crippen LogP contribution < -0.4 is 0 Å². The van der Waals surface area contributed by atoms with E-state index in [0.717, 1.165) is 49.7 Å². The Kier molecular flexibility index (Phi) is 8.57. The molecule has 1 aliphatic heterocycles. The average Bonchev–Trinajstić information content (AvgIpc) is 3.65. The molecule has 5 nitrogen and oxygen atoms in total. The summed E-state index contributed by atoms with van der Waals surface area (Å²) in [5.74, 6) is 2.53. The van der Waals surface area contributed by atoms with E-state index in [9.17, 15) is 0 Å². The van der Waals surface area contributed by atoms with Crippen LogP contribution in [0.1, 0.15) is 22.3 Å². The van der Waals surface area contributed by atoms with Crippen molar-refractivity contribution in [2.75, 3.05) is 0 Å². The molecule has 8 aromatic carbocycles. The number of benzene rings is 8. The molecule has 0 unspecified atom stereocenters. The second kappa shape index (κ2) is 14.7. The molecule has 1 aliphatic carbocycles. The Morgan fingerprint density at radius 2 is 0.694 bits per heavy atom. The summed E-state index contributed by atoms with van der Waals surface area (Å²) in [7, 11) is 0. The number of rotatable bonds is 6. The molecule has 3 heterocycles. The predicted molar refractivity (Wildman–Crippen MR) is 249 cm³/mol. The Bertz CT molecular complexity index is 3210. The van der Waals surface area contributed by atoms with Crippen LogP contribution in [0.15, 0.2) is 222 Å². The Morgan fingerprint density at radius 3 is 1.29 bits per heavy atom. The molecule has 1 spiro atoms. The van der Waals surface area contributed by atoms with Crippen LogP contribution in [-0.2, 0) is 5.41 Å². The van der Waals surface area contributed by atoms with Gasteiger partial charge >= 0.3 is 0 Å². The average molecular weight is 810 g/mol. The third-order valence-electron chi connectivity index (χ3n) is 12.0. The lowest BCUT2D eigenvalue weighted by atomic mass is 9.67. The highest BCUT2D eigenvalue weighted by Gasteiger charge is 2.50. The van der Waals surface area contributed by atoms with Gasteiger partial charge in [-0.1, -0.05) is 212 Å². The van der Waals surface area contributed by atoms with Crippen molar-refractivity contribution in [2.45, 2.75) is 15.2 Å². The summed E-state index contributed by atoms with van der Waals surface area (Å²) >= 11 is 1.80. The Morgan fingerprint density at radius 1 is 0.290 bits per heavy atom. The Balaban J connectivity index is 1.02. The lowest BCUT2D eigenvalue weighted by Crippen LogP contribution is -2.32. The van der Waals surface area contributed by atoms with E-state index in [4.69, 9.17) is 24.9 Å². The molecule has 6 heteroatoms. The van der Waals surface area contributed by atoms with Crippen LogP contribution in [0.3, 0.4) is 0 Å². The fourth-order valence-corrected chi connectivity index (χ4v) is 10.6. The van der Waals surface area contributed by atoms with Crippen LogP contribution in [0.5, 0.6) is 0 Å². The minimum Gasteiger partial charge on any atom is -0.228 e. The topological polar surface area (TPSA) is 64.5 Å². The van der Waals surface area contributed by atoms with E-state index in [1.165, 1.54) is 38.3 Å². The van der Waals surface area contributed by atoms with E-state index in [0.29, 0.717) is 23.3 Å². The largest absolute Gasteiger partial charge is 0.228 e. The van der Waals surface area contributed by atoms with Crippen LogP contribution in [0, 0.1) is 0 Å². The summed E-state index contributed by atoms with van der Waals surface area (Å²) < 4.78 is 0. The lowest BCUT2D eigenvalue weighted by molar-refractivity contribution is 0.722. The third kappa shape index (κ3) is 5.83. The fourth-order valence-electron chi connectivity index (χ4n) is 9.25. The molecular weight excluding hydrogens is 775 g/mol. The summed E-state index contributed by atoms with van der Waals surface area (Å²) in [4.78, 5) is 28.1. The van der Waals surface area contributed by atoms with Gasteiger partial charge in [-0.25, -0.2) is 24.9 Å². The molecule has 62 heavy (non-hydrogen) atoms. The molecule has 0 atom stereocenters. The molecule has 0 fully saturated rings. The summed E-state index contributed by atoms with van der Waals surface area (Å²) in [5.41, 5.74) is 14.6. The minimum atomic E-state index is -0.504. The van der Waals surface area contributed by atoms with Crippen molar-refractivity contribution < 1.29 is 0 Å². The monoisotopic (exact) mass is 809 g/mol. The molecule has 0 saturated carbocycles. The normalized spacial score (nSPS) is 12.9. The van der Waals surface area contributed by atoms with Gasteiger partial charge in [0, 0.05) is 43.2 Å². The lowest BCUT2D eigenvalue weighted by Gasteiger charge is -2.40. The van der Waals surface area contributed by atoms with Crippen LogP contribution in [0.25, 0.3) is 79.2 Å². The van der Waals surface area contributed by atoms with Crippen molar-refractivity contribution in [1.29, 1.82) is 0 Å². The zero-order chi connectivity index (χ0) is 41.0. The summed E-state index contributed by atoms with van der Waals surface area (Å²) in [6.45, 7) is 0. The van der Waals surface area contributed by atoms with Gasteiger partial charge in [0.25, 0.3) is 0 Å². The van der Waals surface area contributed by atoms with Crippen LogP contribution in [0.4, 0.5) is 0 Å². The zero-order valence-corrected chi connectivity index (χ0v) is 34.2. The standard InChI is InChI=1S/C56H35N5S/c1-4-17-36(18-5-1)48-35-49(58-52(57-48)38-19-6-2-7-20-38)37-31-33-40(34-32-37)54-59-53(39-21-8-3-9-22-39)60-55(61-54)43-25-16-29-47-51(43)62-50-30-15-14-28-46(50)56(47)44-26-12-10-23-41(44)42-24-11-13-27-45(42)56/h1-35H. The first-order chi connectivity index (χ1) is 30.7. The van der Waals surface area contributed by atoms with E-state index < -0.39 is 5.41 Å². The molecule has 12 rings (SSSR count). The zero-order valence-electron chi connectivity index (χ0n) is 33.4. The first kappa shape index (κ1) is 36.1. The summed E-state index contributed by atoms with van der Waals surface area (Å²) in [6.07, 6.45) is 0. The van der Waals surface area contributed by atoms with Gasteiger partial charge in [0.2, 0.25) is 0 Å². The number of aromatic nitrogens is 5. The maximum Gasteiger partial charge on any atom is 0.165 e. The highest BCUT2D eigenvalue weighted by atomic mass is 32.2. The number of hydrogen-bond acceptors (Lipinski definition) is 6. The molecular formula is C56H35N5S. The predicted octanol–water partition coefficient (Wildman–Crippen LogP) is 13.5. The van der Waals surface area contributed by atoms with Gasteiger partial charge in [0.1, 0.15) is 0 Å². The van der Waals surface area contributed by atoms with E-state index in [2.05, 4.69) is 146 Å². The van der Waals surface area contributed by atoms with E-state index in [1.54, 1.807) is 11.8 Å². The van der Waals surface area contributed by atoms with Crippen molar-refractivity contribution in [2.24, 2.45) is 0 Å². The fraction of sp³-hybridized carbons (Fsp3) is 0.0179. The second-order valence-corrected chi connectivity index (χ2v) is 16.6. The van der Waals surface area contributed by atoms with E-state index >= 15 is 0 Å². The number of nitrogens with zero attached hydrogens (tertiary/aromatic N) is 5. The third-order valence-corrected chi connectivity index (χ3v) is 13.3. The van der Waals surface area contributed by atoms with E-state index in [1.807, 2.05) is 66.7 Å². The highest BCUT2D eigenvalue weighted by molar-refractivity contribution is 7.99. The van der Waals surface area contributed by atoms with Crippen molar-refractivity contribution in [3.63, 3.8) is 0 Å². The minimum absolute atomic E-state index is 0.504. The SMILES string of the molecule is c1ccc(-c2cc(-c3ccc(-c4nc(-c5ccccc5)nc(-c5cccc6c5Sc5ccccc5C65c6ccccc6-c6ccccc65)n4)cc3)nc(-c3ccccc3)n2)cc1. The van der Waals surface area contributed by atoms with Crippen molar-refractivity contribution >= 4 is 11.8 Å². The van der Waals surface area contributed by atoms with Crippen LogP contribution in [-0.4, -0.2) is 24.9 Å². The number of fused-ring (bicyclic) bond motifs is 9. The number of hydrogen-bond donors (Lipinski definition) is 0. The Hall–Kier alpha value is -7.80. The maximum absolute atomic E-state index is 5.32. The van der Waals surface area contributed by atoms with Gasteiger partial charge in [-0.15, -0.1) is 0 Å². The maximum atomic E-state index is 5.32. The first-order valence-electron chi connectivity index (χ1n) is 20.8. The smallest absolute Gasteiger partial charge is 0.165 e. The quantitative estimate of drug-likeness (QED) is 0.167. The van der Waals surface area contributed by atoms with Crippen molar-refractivity contribution in [1.82, 2.24) is 24.9 Å². The van der Waals surface area contributed by atoms with Crippen molar-refractivity contribution in [3.05, 3.63) is 235 Å². The molecule has 2 aliphatic rings. The highest BCUT2D eigenvalue weighted by Crippen LogP contribution is 2.63. The molecule has 0 bridgehead atoms. The van der Waals surface area contributed by atoms with Gasteiger partial charge in [-0.05, 0) is 45.5 Å². The second-order valence-electron chi connectivity index (χ2n) is 15.6. The van der Waals surface area contributed by atoms with Crippen LogP contribution in [0.2, 0.25) is 0 Å². The molecule has 10 aromatic rings. The van der Waals surface area contributed by atoms with Crippen molar-refractivity contribution in [3.8, 4) is 79.2 Å². The summed E-state index contributed by atoms with van der Waals surface area (Å²) in [5, 5.41) is 0. The molecule has 0 saturated heterocycles. The van der Waals surface area contributed by atoms with Gasteiger partial charge in [0.15, 0.2) is 23.3 Å². The van der Waals surface area contributed by atoms with Gasteiger partial charge < -0.3 is 0 Å². The Labute approximate surface area is 364 Å². The molecule has 0 radical (unpaired) electrons. The van der Waals surface area contributed by atoms with Gasteiger partial charge in [-0.3, -0.25) is 0 Å². The molecule has 0 N–H and O–H groups in total. The summed E-state index contributed by atoms with van der Waals surface area (Å²) in [6, 6.07) is 74.3. The molecule has 2 aromatic heterocycles. The molecule has 0 amide bonds. The first-order valence-corrected chi connectivity index (χ1v) is 21.6. The van der Waals surface area contributed by atoms with Gasteiger partial charge in [-0.2, -0.15) is 0 Å².